The van der Waals surface area contributed by atoms with E-state index < -0.39 is 0 Å². The van der Waals surface area contributed by atoms with Gasteiger partial charge in [-0.2, -0.15) is 0 Å². The topological polar surface area (TPSA) is 68.5 Å². The lowest BCUT2D eigenvalue weighted by Crippen LogP contribution is -2.37. The van der Waals surface area contributed by atoms with E-state index >= 15 is 0 Å². The molecule has 2 aromatic rings. The highest BCUT2D eigenvalue weighted by Gasteiger charge is 2.23. The molecule has 0 bridgehead atoms. The molecule has 1 aromatic heterocycles. The maximum atomic E-state index is 12.1. The lowest BCUT2D eigenvalue weighted by molar-refractivity contribution is 0.0104. The Morgan fingerprint density at radius 2 is 1.91 bits per heavy atom. The first-order valence-corrected chi connectivity index (χ1v) is 7.89. The predicted octanol–water partition coefficient (Wildman–Crippen LogP) is 2.49. The molecule has 0 radical (unpaired) electrons. The number of nitrogen functional groups attached to an aromatic ring is 1. The molecule has 120 valence electrons. The fourth-order valence-corrected chi connectivity index (χ4v) is 2.77. The maximum absolute atomic E-state index is 12.1. The number of benzene rings is 1. The molecule has 1 aromatic carbocycles. The number of carbonyl (C=O) groups is 1. The molecule has 0 atom stereocenters. The van der Waals surface area contributed by atoms with Gasteiger partial charge in [0.2, 0.25) is 0 Å². The van der Waals surface area contributed by atoms with Gasteiger partial charge in [0.15, 0.2) is 0 Å². The second kappa shape index (κ2) is 7.24. The van der Waals surface area contributed by atoms with Crippen LogP contribution >= 0.6 is 0 Å². The second-order valence-corrected chi connectivity index (χ2v) is 5.84. The summed E-state index contributed by atoms with van der Waals surface area (Å²) in [6, 6.07) is 13.7. The average molecular weight is 311 g/mol. The number of esters is 1. The van der Waals surface area contributed by atoms with Crippen LogP contribution in [0.5, 0.6) is 0 Å². The number of nitrogens with zero attached hydrogens (tertiary/aromatic N) is 2. The van der Waals surface area contributed by atoms with E-state index in [4.69, 9.17) is 10.5 Å². The quantitative estimate of drug-likeness (QED) is 0.879. The fraction of sp³-hybridized carbons (Fsp3) is 0.333. The third-order valence-corrected chi connectivity index (χ3v) is 4.08. The van der Waals surface area contributed by atoms with Crippen LogP contribution in [-0.4, -0.2) is 35.0 Å². The number of likely N-dealkylation sites (tertiary alicyclic amines) is 1. The monoisotopic (exact) mass is 311 g/mol. The van der Waals surface area contributed by atoms with Crippen LogP contribution in [0.3, 0.4) is 0 Å². The van der Waals surface area contributed by atoms with Crippen LogP contribution < -0.4 is 5.73 Å². The summed E-state index contributed by atoms with van der Waals surface area (Å²) >= 11 is 0. The van der Waals surface area contributed by atoms with Crippen molar-refractivity contribution in [2.45, 2.75) is 25.5 Å². The molecule has 23 heavy (non-hydrogen) atoms. The highest BCUT2D eigenvalue weighted by molar-refractivity contribution is 5.89. The Bertz CT molecular complexity index is 635. The number of piperidine rings is 1. The van der Waals surface area contributed by atoms with E-state index in [-0.39, 0.29) is 12.1 Å². The molecule has 3 rings (SSSR count). The van der Waals surface area contributed by atoms with Gasteiger partial charge in [-0.15, -0.1) is 0 Å². The first kappa shape index (κ1) is 15.5. The minimum Gasteiger partial charge on any atom is -0.459 e. The number of rotatable bonds is 4. The summed E-state index contributed by atoms with van der Waals surface area (Å²) in [5.41, 5.74) is 7.29. The molecule has 0 amide bonds. The van der Waals surface area contributed by atoms with E-state index in [1.54, 1.807) is 12.1 Å². The van der Waals surface area contributed by atoms with E-state index in [2.05, 4.69) is 34.1 Å². The molecule has 1 aliphatic rings. The zero-order valence-electron chi connectivity index (χ0n) is 13.0. The predicted molar refractivity (Wildman–Crippen MR) is 88.8 cm³/mol. The van der Waals surface area contributed by atoms with E-state index in [0.717, 1.165) is 32.5 Å². The summed E-state index contributed by atoms with van der Waals surface area (Å²) in [5, 5.41) is 0. The molecular weight excluding hydrogens is 290 g/mol. The maximum Gasteiger partial charge on any atom is 0.339 e. The van der Waals surface area contributed by atoms with Crippen LogP contribution in [0.2, 0.25) is 0 Å². The first-order valence-electron chi connectivity index (χ1n) is 7.89. The molecule has 0 saturated carbocycles. The largest absolute Gasteiger partial charge is 0.459 e. The van der Waals surface area contributed by atoms with E-state index in [1.807, 2.05) is 6.07 Å². The van der Waals surface area contributed by atoms with Gasteiger partial charge in [-0.25, -0.2) is 9.78 Å². The van der Waals surface area contributed by atoms with Crippen molar-refractivity contribution in [3.63, 3.8) is 0 Å². The van der Waals surface area contributed by atoms with Crippen molar-refractivity contribution in [1.29, 1.82) is 0 Å². The van der Waals surface area contributed by atoms with Gasteiger partial charge >= 0.3 is 5.97 Å². The molecule has 0 aliphatic carbocycles. The van der Waals surface area contributed by atoms with Crippen LogP contribution in [0.15, 0.2) is 48.7 Å². The fourth-order valence-electron chi connectivity index (χ4n) is 2.77. The summed E-state index contributed by atoms with van der Waals surface area (Å²) in [6.45, 7) is 2.82. The Hall–Kier alpha value is -2.40. The molecule has 5 heteroatoms. The number of pyridine rings is 1. The van der Waals surface area contributed by atoms with Crippen molar-refractivity contribution in [2.24, 2.45) is 0 Å². The van der Waals surface area contributed by atoms with Gasteiger partial charge < -0.3 is 10.5 Å². The Kier molecular flexibility index (Phi) is 4.88. The highest BCUT2D eigenvalue weighted by atomic mass is 16.5. The smallest absolute Gasteiger partial charge is 0.339 e. The van der Waals surface area contributed by atoms with Crippen LogP contribution in [0, 0.1) is 0 Å². The molecular formula is C18H21N3O2. The summed E-state index contributed by atoms with van der Waals surface area (Å²) < 4.78 is 5.57. The minimum atomic E-state index is -0.320. The Morgan fingerprint density at radius 1 is 1.17 bits per heavy atom. The Labute approximate surface area is 136 Å². The number of ether oxygens (including phenoxy) is 1. The number of nitrogens with two attached hydrogens (primary N) is 1. The molecule has 0 unspecified atom stereocenters. The molecule has 5 nitrogen and oxygen atoms in total. The number of hydrogen-bond acceptors (Lipinski definition) is 5. The Morgan fingerprint density at radius 3 is 2.57 bits per heavy atom. The summed E-state index contributed by atoms with van der Waals surface area (Å²) in [7, 11) is 0. The van der Waals surface area contributed by atoms with Gasteiger partial charge in [-0.1, -0.05) is 30.3 Å². The van der Waals surface area contributed by atoms with Gasteiger partial charge in [-0.3, -0.25) is 4.90 Å². The van der Waals surface area contributed by atoms with Crippen molar-refractivity contribution in [1.82, 2.24) is 9.88 Å². The molecule has 1 aliphatic heterocycles. The SMILES string of the molecule is Nc1ccc(C(=O)OC2CCN(Cc3ccccc3)CC2)cn1. The molecule has 2 N–H and O–H groups in total. The minimum absolute atomic E-state index is 0.0212. The van der Waals surface area contributed by atoms with Gasteiger partial charge in [0.25, 0.3) is 0 Å². The van der Waals surface area contributed by atoms with E-state index in [0.29, 0.717) is 11.4 Å². The van der Waals surface area contributed by atoms with Crippen molar-refractivity contribution in [3.05, 3.63) is 59.8 Å². The zero-order valence-corrected chi connectivity index (χ0v) is 13.0. The van der Waals surface area contributed by atoms with Crippen molar-refractivity contribution >= 4 is 11.8 Å². The Balaban J connectivity index is 1.47. The normalized spacial score (nSPS) is 16.2. The van der Waals surface area contributed by atoms with Crippen molar-refractivity contribution < 1.29 is 9.53 Å². The average Bonchev–Trinajstić information content (AvgIpc) is 2.58. The number of aromatic nitrogens is 1. The van der Waals surface area contributed by atoms with Crippen LogP contribution in [0.1, 0.15) is 28.8 Å². The molecule has 1 fully saturated rings. The third-order valence-electron chi connectivity index (χ3n) is 4.08. The van der Waals surface area contributed by atoms with Gasteiger partial charge in [0, 0.05) is 25.8 Å². The number of hydrogen-bond donors (Lipinski definition) is 1. The van der Waals surface area contributed by atoms with Crippen molar-refractivity contribution in [3.8, 4) is 0 Å². The molecule has 0 spiro atoms. The van der Waals surface area contributed by atoms with Crippen molar-refractivity contribution in [2.75, 3.05) is 18.8 Å². The van der Waals surface area contributed by atoms with Crippen LogP contribution in [0.4, 0.5) is 5.82 Å². The standard InChI is InChI=1S/C18H21N3O2/c19-17-7-6-15(12-20-17)18(22)23-16-8-10-21(11-9-16)13-14-4-2-1-3-5-14/h1-7,12,16H,8-11,13H2,(H2,19,20). The summed E-state index contributed by atoms with van der Waals surface area (Å²) in [5.74, 6) is 0.0785. The van der Waals surface area contributed by atoms with Crippen LogP contribution in [-0.2, 0) is 11.3 Å². The van der Waals surface area contributed by atoms with Crippen LogP contribution in [0.25, 0.3) is 0 Å². The van der Waals surface area contributed by atoms with Gasteiger partial charge in [-0.05, 0) is 30.5 Å². The highest BCUT2D eigenvalue weighted by Crippen LogP contribution is 2.17. The third kappa shape index (κ3) is 4.29. The van der Waals surface area contributed by atoms with Gasteiger partial charge in [0.1, 0.15) is 11.9 Å². The zero-order chi connectivity index (χ0) is 16.1. The molecule has 1 saturated heterocycles. The van der Waals surface area contributed by atoms with E-state index in [9.17, 15) is 4.79 Å². The number of carbonyl (C=O) groups excluding carboxylic acids is 1. The lowest BCUT2D eigenvalue weighted by atomic mass is 10.1. The van der Waals surface area contributed by atoms with E-state index in [1.165, 1.54) is 11.8 Å². The summed E-state index contributed by atoms with van der Waals surface area (Å²) in [4.78, 5) is 18.4. The first-order chi connectivity index (χ1) is 11.2. The van der Waals surface area contributed by atoms with Gasteiger partial charge in [0.05, 0.1) is 5.56 Å². The molecule has 2 heterocycles. The summed E-state index contributed by atoms with van der Waals surface area (Å²) in [6.07, 6.45) is 3.16. The second-order valence-electron chi connectivity index (χ2n) is 5.84. The number of anilines is 1. The lowest BCUT2D eigenvalue weighted by Gasteiger charge is -2.31.